The predicted octanol–water partition coefficient (Wildman–Crippen LogP) is 3.31. The minimum absolute atomic E-state index is 0.00707. The number of rotatable bonds is 4. The molecular formula is C18H24O3. The van der Waals surface area contributed by atoms with Crippen LogP contribution in [0.15, 0.2) is 47.6 Å². The van der Waals surface area contributed by atoms with E-state index in [-0.39, 0.29) is 11.6 Å². The van der Waals surface area contributed by atoms with Gasteiger partial charge in [-0.05, 0) is 44.6 Å². The predicted molar refractivity (Wildman–Crippen MR) is 84.8 cm³/mol. The fraction of sp³-hybridized carbons (Fsp3) is 0.444. The van der Waals surface area contributed by atoms with Crippen LogP contribution in [-0.4, -0.2) is 22.3 Å². The quantitative estimate of drug-likeness (QED) is 0.638. The highest BCUT2D eigenvalue weighted by Crippen LogP contribution is 2.44. The summed E-state index contributed by atoms with van der Waals surface area (Å²) in [5, 5.41) is 10.9. The van der Waals surface area contributed by atoms with Crippen LogP contribution in [0.5, 0.6) is 0 Å². The minimum Gasteiger partial charge on any atom is -0.381 e. The lowest BCUT2D eigenvalue weighted by atomic mass is 9.64. The Hall–Kier alpha value is -1.74. The van der Waals surface area contributed by atoms with E-state index in [1.54, 1.807) is 25.2 Å². The number of carbonyl (C=O) groups is 2. The van der Waals surface area contributed by atoms with Crippen LogP contribution in [0.3, 0.4) is 0 Å². The molecular weight excluding hydrogens is 264 g/mol. The molecule has 0 bridgehead atoms. The largest absolute Gasteiger partial charge is 0.381 e. The maximum Gasteiger partial charge on any atom is 0.156 e. The van der Waals surface area contributed by atoms with E-state index < -0.39 is 11.0 Å². The Morgan fingerprint density at radius 2 is 1.90 bits per heavy atom. The van der Waals surface area contributed by atoms with Crippen LogP contribution in [0, 0.1) is 5.41 Å². The average molecular weight is 288 g/mol. The number of ketones is 2. The summed E-state index contributed by atoms with van der Waals surface area (Å²) >= 11 is 0. The maximum absolute atomic E-state index is 11.7. The molecule has 1 N–H and O–H groups in total. The first-order valence-corrected chi connectivity index (χ1v) is 7.07. The summed E-state index contributed by atoms with van der Waals surface area (Å²) in [7, 11) is 0. The Bertz CT molecular complexity index is 559. The number of carbonyl (C=O) groups excluding carboxylic acids is 2. The third-order valence-corrected chi connectivity index (χ3v) is 3.90. The molecule has 0 saturated carbocycles. The standard InChI is InChI=1S/C18H24O3/c1-13(7-6-8-15(3)19)9-10-18(21)14(2)11-16(20)12-17(18,4)5/h6-11,21H,12H2,1-5H3. The molecule has 0 saturated heterocycles. The van der Waals surface area contributed by atoms with Gasteiger partial charge < -0.3 is 5.11 Å². The van der Waals surface area contributed by atoms with E-state index >= 15 is 0 Å². The van der Waals surface area contributed by atoms with Crippen LogP contribution in [0.2, 0.25) is 0 Å². The van der Waals surface area contributed by atoms with Crippen molar-refractivity contribution in [2.24, 2.45) is 5.41 Å². The van der Waals surface area contributed by atoms with Crippen molar-refractivity contribution in [1.29, 1.82) is 0 Å². The molecule has 0 aromatic carbocycles. The molecule has 3 nitrogen and oxygen atoms in total. The molecule has 0 spiro atoms. The van der Waals surface area contributed by atoms with Gasteiger partial charge in [-0.3, -0.25) is 9.59 Å². The number of aliphatic hydroxyl groups is 1. The second-order valence-electron chi connectivity index (χ2n) is 6.33. The van der Waals surface area contributed by atoms with Gasteiger partial charge in [0, 0.05) is 11.8 Å². The summed E-state index contributed by atoms with van der Waals surface area (Å²) in [6.45, 7) is 8.94. The highest BCUT2D eigenvalue weighted by atomic mass is 16.3. The zero-order chi connectivity index (χ0) is 16.3. The van der Waals surface area contributed by atoms with Crippen LogP contribution in [-0.2, 0) is 9.59 Å². The monoisotopic (exact) mass is 288 g/mol. The summed E-state index contributed by atoms with van der Waals surface area (Å²) < 4.78 is 0. The highest BCUT2D eigenvalue weighted by molar-refractivity contribution is 5.92. The normalized spacial score (nSPS) is 26.5. The molecule has 21 heavy (non-hydrogen) atoms. The molecule has 0 aromatic rings. The van der Waals surface area contributed by atoms with Crippen molar-refractivity contribution >= 4 is 11.6 Å². The first-order valence-electron chi connectivity index (χ1n) is 7.07. The Balaban J connectivity index is 3.03. The van der Waals surface area contributed by atoms with Gasteiger partial charge in [0.25, 0.3) is 0 Å². The van der Waals surface area contributed by atoms with Gasteiger partial charge in [-0.1, -0.05) is 37.6 Å². The van der Waals surface area contributed by atoms with E-state index in [1.165, 1.54) is 19.1 Å². The Morgan fingerprint density at radius 1 is 1.29 bits per heavy atom. The number of hydrogen-bond acceptors (Lipinski definition) is 3. The fourth-order valence-corrected chi connectivity index (χ4v) is 2.51. The third-order valence-electron chi connectivity index (χ3n) is 3.90. The van der Waals surface area contributed by atoms with Crippen molar-refractivity contribution < 1.29 is 14.7 Å². The molecule has 114 valence electrons. The van der Waals surface area contributed by atoms with Crippen LogP contribution in [0.4, 0.5) is 0 Å². The molecule has 3 heteroatoms. The minimum atomic E-state index is -1.14. The van der Waals surface area contributed by atoms with E-state index in [1.807, 2.05) is 26.8 Å². The van der Waals surface area contributed by atoms with E-state index in [2.05, 4.69) is 0 Å². The first kappa shape index (κ1) is 17.3. The molecule has 0 fully saturated rings. The van der Waals surface area contributed by atoms with Crippen molar-refractivity contribution in [2.75, 3.05) is 0 Å². The Kier molecular flexibility index (Phi) is 5.24. The number of allylic oxidation sites excluding steroid dienone is 6. The van der Waals surface area contributed by atoms with E-state index in [0.717, 1.165) is 5.57 Å². The second kappa shape index (κ2) is 6.35. The molecule has 1 unspecified atom stereocenters. The molecule has 1 aliphatic rings. The van der Waals surface area contributed by atoms with Crippen molar-refractivity contribution in [3.63, 3.8) is 0 Å². The molecule has 0 aromatic heterocycles. The lowest BCUT2D eigenvalue weighted by molar-refractivity contribution is -0.121. The van der Waals surface area contributed by atoms with Crippen molar-refractivity contribution in [1.82, 2.24) is 0 Å². The molecule has 1 rings (SSSR count). The average Bonchev–Trinajstić information content (AvgIpc) is 2.32. The molecule has 0 amide bonds. The van der Waals surface area contributed by atoms with Gasteiger partial charge in [0.15, 0.2) is 11.6 Å². The summed E-state index contributed by atoms with van der Waals surface area (Å²) in [5.74, 6) is 0.0413. The Morgan fingerprint density at radius 3 is 2.43 bits per heavy atom. The Labute approximate surface area is 126 Å². The molecule has 0 heterocycles. The van der Waals surface area contributed by atoms with Crippen LogP contribution in [0.1, 0.15) is 41.0 Å². The fourth-order valence-electron chi connectivity index (χ4n) is 2.51. The molecule has 1 aliphatic carbocycles. The van der Waals surface area contributed by atoms with E-state index in [4.69, 9.17) is 0 Å². The summed E-state index contributed by atoms with van der Waals surface area (Å²) in [5.41, 5.74) is -0.108. The maximum atomic E-state index is 11.7. The molecule has 1 atom stereocenters. The van der Waals surface area contributed by atoms with Gasteiger partial charge in [0.05, 0.1) is 0 Å². The van der Waals surface area contributed by atoms with Gasteiger partial charge in [-0.25, -0.2) is 0 Å². The van der Waals surface area contributed by atoms with Gasteiger partial charge in [0.1, 0.15) is 5.60 Å². The lowest BCUT2D eigenvalue weighted by Crippen LogP contribution is -2.48. The lowest BCUT2D eigenvalue weighted by Gasteiger charge is -2.44. The van der Waals surface area contributed by atoms with E-state index in [9.17, 15) is 14.7 Å². The van der Waals surface area contributed by atoms with Gasteiger partial charge in [-0.2, -0.15) is 0 Å². The summed E-state index contributed by atoms with van der Waals surface area (Å²) in [4.78, 5) is 22.5. The van der Waals surface area contributed by atoms with Gasteiger partial charge in [0.2, 0.25) is 0 Å². The second-order valence-corrected chi connectivity index (χ2v) is 6.33. The van der Waals surface area contributed by atoms with Gasteiger partial charge in [-0.15, -0.1) is 0 Å². The van der Waals surface area contributed by atoms with E-state index in [0.29, 0.717) is 12.0 Å². The van der Waals surface area contributed by atoms with Crippen molar-refractivity contribution in [2.45, 2.75) is 46.6 Å². The summed E-state index contributed by atoms with van der Waals surface area (Å²) in [6, 6.07) is 0. The number of hydrogen-bond donors (Lipinski definition) is 1. The van der Waals surface area contributed by atoms with Gasteiger partial charge >= 0.3 is 0 Å². The highest BCUT2D eigenvalue weighted by Gasteiger charge is 2.46. The molecule has 0 radical (unpaired) electrons. The van der Waals surface area contributed by atoms with Crippen LogP contribution < -0.4 is 0 Å². The van der Waals surface area contributed by atoms with Crippen molar-refractivity contribution in [3.8, 4) is 0 Å². The topological polar surface area (TPSA) is 54.4 Å². The zero-order valence-electron chi connectivity index (χ0n) is 13.4. The third kappa shape index (κ3) is 4.11. The van der Waals surface area contributed by atoms with Crippen LogP contribution >= 0.6 is 0 Å². The first-order chi connectivity index (χ1) is 9.58. The smallest absolute Gasteiger partial charge is 0.156 e. The SMILES string of the molecule is CC(=O)C=CC=C(C)C=CC1(O)C(C)=CC(=O)CC1(C)C. The van der Waals surface area contributed by atoms with Crippen molar-refractivity contribution in [3.05, 3.63) is 47.6 Å². The zero-order valence-corrected chi connectivity index (χ0v) is 13.4. The summed E-state index contributed by atoms with van der Waals surface area (Å²) in [6.07, 6.45) is 10.4. The van der Waals surface area contributed by atoms with Crippen LogP contribution in [0.25, 0.3) is 0 Å². The molecule has 0 aliphatic heterocycles.